The summed E-state index contributed by atoms with van der Waals surface area (Å²) in [5.74, 6) is 0.925. The SMILES string of the molecule is CCNC(=NCC(c1cccs1)N1CCOCC1)NCCN1CCCN(C)CC1.I. The third kappa shape index (κ3) is 8.58. The maximum Gasteiger partial charge on any atom is 0.191 e. The second kappa shape index (κ2) is 14.6. The minimum absolute atomic E-state index is 0. The summed E-state index contributed by atoms with van der Waals surface area (Å²) in [5.41, 5.74) is 0. The smallest absolute Gasteiger partial charge is 0.191 e. The van der Waals surface area contributed by atoms with Crippen LogP contribution in [0.3, 0.4) is 0 Å². The third-order valence-electron chi connectivity index (χ3n) is 5.66. The lowest BCUT2D eigenvalue weighted by Gasteiger charge is -2.33. The van der Waals surface area contributed by atoms with E-state index in [1.807, 2.05) is 11.3 Å². The quantitative estimate of drug-likeness (QED) is 0.293. The van der Waals surface area contributed by atoms with Crippen molar-refractivity contribution in [1.29, 1.82) is 0 Å². The molecule has 0 radical (unpaired) electrons. The highest BCUT2D eigenvalue weighted by atomic mass is 127. The summed E-state index contributed by atoms with van der Waals surface area (Å²) in [6.07, 6.45) is 1.26. The molecule has 7 nitrogen and oxygen atoms in total. The van der Waals surface area contributed by atoms with Crippen molar-refractivity contribution in [2.75, 3.05) is 85.7 Å². The summed E-state index contributed by atoms with van der Waals surface area (Å²) in [5, 5.41) is 9.12. The number of hydrogen-bond acceptors (Lipinski definition) is 6. The Morgan fingerprint density at radius 2 is 2.00 bits per heavy atom. The van der Waals surface area contributed by atoms with Crippen LogP contribution in [0.1, 0.15) is 24.3 Å². The number of morpholine rings is 1. The van der Waals surface area contributed by atoms with E-state index in [4.69, 9.17) is 9.73 Å². The third-order valence-corrected chi connectivity index (χ3v) is 6.63. The minimum Gasteiger partial charge on any atom is -0.379 e. The first-order valence-electron chi connectivity index (χ1n) is 11.0. The first-order chi connectivity index (χ1) is 14.3. The van der Waals surface area contributed by atoms with Crippen LogP contribution in [0.5, 0.6) is 0 Å². The average Bonchev–Trinajstić information content (AvgIpc) is 3.19. The Bertz CT molecular complexity index is 596. The number of aliphatic imine (C=N–C) groups is 1. The van der Waals surface area contributed by atoms with E-state index in [0.717, 1.165) is 71.5 Å². The van der Waals surface area contributed by atoms with Crippen LogP contribution in [-0.4, -0.2) is 106 Å². The summed E-state index contributed by atoms with van der Waals surface area (Å²) < 4.78 is 5.55. The van der Waals surface area contributed by atoms with Gasteiger partial charge in [-0.25, -0.2) is 0 Å². The zero-order valence-electron chi connectivity index (χ0n) is 18.5. The van der Waals surface area contributed by atoms with Crippen LogP contribution in [0, 0.1) is 0 Å². The molecular weight excluding hydrogens is 511 g/mol. The molecule has 1 aromatic heterocycles. The predicted octanol–water partition coefficient (Wildman–Crippen LogP) is 1.93. The van der Waals surface area contributed by atoms with Gasteiger partial charge < -0.3 is 25.2 Å². The van der Waals surface area contributed by atoms with Crippen LogP contribution in [-0.2, 0) is 4.74 Å². The Kier molecular flexibility index (Phi) is 12.5. The number of likely N-dealkylation sites (N-methyl/N-ethyl adjacent to an activating group) is 1. The molecule has 0 aromatic carbocycles. The maximum atomic E-state index is 5.55. The van der Waals surface area contributed by atoms with E-state index in [9.17, 15) is 0 Å². The molecule has 3 heterocycles. The maximum absolute atomic E-state index is 5.55. The van der Waals surface area contributed by atoms with E-state index < -0.39 is 0 Å². The molecule has 2 saturated heterocycles. The van der Waals surface area contributed by atoms with Gasteiger partial charge in [0.1, 0.15) is 0 Å². The molecule has 1 atom stereocenters. The highest BCUT2D eigenvalue weighted by Gasteiger charge is 2.23. The average molecular weight is 551 g/mol. The molecule has 0 amide bonds. The first-order valence-corrected chi connectivity index (χ1v) is 11.9. The standard InChI is InChI=1S/C21H38N6OS.HI/c1-3-22-21(23-7-10-26-9-5-8-25(2)11-12-26)24-18-19(20-6-4-17-29-20)27-13-15-28-16-14-27;/h4,6,17,19H,3,5,7-16,18H2,1-2H3,(H2,22,23,24);1H. The number of nitrogens with one attached hydrogen (secondary N) is 2. The van der Waals surface area contributed by atoms with Crippen molar-refractivity contribution in [2.24, 2.45) is 4.99 Å². The summed E-state index contributed by atoms with van der Waals surface area (Å²) in [7, 11) is 2.22. The number of halogens is 1. The first kappa shape index (κ1) is 25.8. The lowest BCUT2D eigenvalue weighted by atomic mass is 10.2. The highest BCUT2D eigenvalue weighted by Crippen LogP contribution is 2.26. The second-order valence-electron chi connectivity index (χ2n) is 7.82. The lowest BCUT2D eigenvalue weighted by molar-refractivity contribution is 0.0186. The van der Waals surface area contributed by atoms with E-state index >= 15 is 0 Å². The Balaban J connectivity index is 0.00000320. The van der Waals surface area contributed by atoms with Gasteiger partial charge in [-0.15, -0.1) is 35.3 Å². The molecule has 0 spiro atoms. The summed E-state index contributed by atoms with van der Waals surface area (Å²) >= 11 is 1.83. The number of ether oxygens (including phenoxy) is 1. The minimum atomic E-state index is 0. The highest BCUT2D eigenvalue weighted by molar-refractivity contribution is 14.0. The molecule has 172 valence electrons. The zero-order valence-corrected chi connectivity index (χ0v) is 21.7. The zero-order chi connectivity index (χ0) is 20.3. The van der Waals surface area contributed by atoms with Crippen molar-refractivity contribution in [3.63, 3.8) is 0 Å². The van der Waals surface area contributed by atoms with Crippen LogP contribution in [0.15, 0.2) is 22.5 Å². The van der Waals surface area contributed by atoms with Gasteiger partial charge >= 0.3 is 0 Å². The van der Waals surface area contributed by atoms with Gasteiger partial charge in [0.2, 0.25) is 0 Å². The fourth-order valence-electron chi connectivity index (χ4n) is 3.93. The molecule has 2 N–H and O–H groups in total. The number of nitrogens with zero attached hydrogens (tertiary/aromatic N) is 4. The monoisotopic (exact) mass is 550 g/mol. The van der Waals surface area contributed by atoms with E-state index in [1.165, 1.54) is 24.4 Å². The van der Waals surface area contributed by atoms with Crippen molar-refractivity contribution >= 4 is 41.3 Å². The molecule has 2 aliphatic rings. The summed E-state index contributed by atoms with van der Waals surface area (Å²) in [6.45, 7) is 14.1. The predicted molar refractivity (Wildman–Crippen MR) is 137 cm³/mol. The second-order valence-corrected chi connectivity index (χ2v) is 8.80. The molecule has 9 heteroatoms. The molecule has 2 aliphatic heterocycles. The van der Waals surface area contributed by atoms with Gasteiger partial charge in [0.15, 0.2) is 5.96 Å². The van der Waals surface area contributed by atoms with Gasteiger partial charge in [0.25, 0.3) is 0 Å². The Hall–Kier alpha value is -0.460. The molecule has 0 saturated carbocycles. The molecule has 1 aromatic rings. The molecule has 3 rings (SSSR count). The molecular formula is C21H39IN6OS. The van der Waals surface area contributed by atoms with Crippen LogP contribution in [0.2, 0.25) is 0 Å². The van der Waals surface area contributed by atoms with E-state index in [1.54, 1.807) is 0 Å². The van der Waals surface area contributed by atoms with Gasteiger partial charge in [-0.1, -0.05) is 6.07 Å². The largest absolute Gasteiger partial charge is 0.379 e. The van der Waals surface area contributed by atoms with Crippen molar-refractivity contribution in [3.8, 4) is 0 Å². The summed E-state index contributed by atoms with van der Waals surface area (Å²) in [6, 6.07) is 4.70. The normalized spacial score (nSPS) is 20.9. The fraction of sp³-hybridized carbons (Fsp3) is 0.762. The van der Waals surface area contributed by atoms with Crippen LogP contribution in [0.25, 0.3) is 0 Å². The fourth-order valence-corrected chi connectivity index (χ4v) is 4.78. The van der Waals surface area contributed by atoms with Crippen LogP contribution in [0.4, 0.5) is 0 Å². The number of guanidine groups is 1. The molecule has 2 fully saturated rings. The van der Waals surface area contributed by atoms with Gasteiger partial charge in [0.05, 0.1) is 25.8 Å². The van der Waals surface area contributed by atoms with Gasteiger partial charge in [0, 0.05) is 50.7 Å². The van der Waals surface area contributed by atoms with Gasteiger partial charge in [-0.3, -0.25) is 9.89 Å². The molecule has 0 bridgehead atoms. The molecule has 1 unspecified atom stereocenters. The summed E-state index contributed by atoms with van der Waals surface area (Å²) in [4.78, 5) is 13.8. The molecule has 0 aliphatic carbocycles. The van der Waals surface area contributed by atoms with Crippen LogP contribution >= 0.6 is 35.3 Å². The van der Waals surface area contributed by atoms with Gasteiger partial charge in [-0.05, 0) is 44.9 Å². The Morgan fingerprint density at radius 3 is 2.73 bits per heavy atom. The Morgan fingerprint density at radius 1 is 1.17 bits per heavy atom. The Labute approximate surface area is 203 Å². The van der Waals surface area contributed by atoms with Crippen molar-refractivity contribution in [3.05, 3.63) is 22.4 Å². The number of rotatable bonds is 8. The van der Waals surface area contributed by atoms with E-state index in [-0.39, 0.29) is 24.0 Å². The molecule has 30 heavy (non-hydrogen) atoms. The van der Waals surface area contributed by atoms with Gasteiger partial charge in [-0.2, -0.15) is 0 Å². The van der Waals surface area contributed by atoms with E-state index in [0.29, 0.717) is 6.04 Å². The van der Waals surface area contributed by atoms with Crippen LogP contribution < -0.4 is 10.6 Å². The van der Waals surface area contributed by atoms with E-state index in [2.05, 4.69) is 56.8 Å². The number of hydrogen-bond donors (Lipinski definition) is 2. The van der Waals surface area contributed by atoms with Crippen molar-refractivity contribution < 1.29 is 4.74 Å². The van der Waals surface area contributed by atoms with Crippen molar-refractivity contribution in [1.82, 2.24) is 25.3 Å². The van der Waals surface area contributed by atoms with Crippen molar-refractivity contribution in [2.45, 2.75) is 19.4 Å². The lowest BCUT2D eigenvalue weighted by Crippen LogP contribution is -2.43. The topological polar surface area (TPSA) is 55.4 Å². The number of thiophene rings is 1.